The maximum absolute atomic E-state index is 10.1. The molecule has 4 rings (SSSR count). The molecule has 3 aliphatic rings. The molecule has 3 aliphatic carbocycles. The molecule has 0 saturated heterocycles. The Kier molecular flexibility index (Phi) is 4.10. The Morgan fingerprint density at radius 2 is 2.12 bits per heavy atom. The number of phenolic OH excluding ortho intramolecular Hbond substituents is 1. The summed E-state index contributed by atoms with van der Waals surface area (Å²) in [6.07, 6.45) is 8.87. The number of aryl methyl sites for hydroxylation is 1. The lowest BCUT2D eigenvalue weighted by Gasteiger charge is -2.52. The maximum Gasteiger partial charge on any atom is 0.118 e. The van der Waals surface area contributed by atoms with Crippen molar-refractivity contribution in [1.29, 1.82) is 0 Å². The molecule has 2 heteroatoms. The Hall–Kier alpha value is -0.760. The topological polar surface area (TPSA) is 20.2 Å². The number of hydrogen-bond donors (Lipinski definition) is 1. The lowest BCUT2D eigenvalue weighted by atomic mass is 9.52. The van der Waals surface area contributed by atoms with Gasteiger partial charge in [-0.15, -0.1) is 0 Å². The van der Waals surface area contributed by atoms with Gasteiger partial charge in [-0.2, -0.15) is 0 Å². The van der Waals surface area contributed by atoms with Gasteiger partial charge in [0.05, 0.1) is 0 Å². The van der Waals surface area contributed by atoms with E-state index >= 15 is 0 Å². The van der Waals surface area contributed by atoms with Crippen molar-refractivity contribution in [3.63, 3.8) is 0 Å². The molecule has 0 spiro atoms. The van der Waals surface area contributed by atoms with Gasteiger partial charge < -0.3 is 5.11 Å². The molecule has 1 nitrogen and oxygen atoms in total. The van der Waals surface area contributed by atoms with E-state index in [0.717, 1.165) is 35.1 Å². The summed E-state index contributed by atoms with van der Waals surface area (Å²) in [6, 6.07) is 4.34. The fourth-order valence-electron chi connectivity index (χ4n) is 6.40. The van der Waals surface area contributed by atoms with E-state index in [1.54, 1.807) is 11.1 Å². The van der Waals surface area contributed by atoms with E-state index in [0.29, 0.717) is 17.1 Å². The molecule has 0 radical (unpaired) electrons. The van der Waals surface area contributed by atoms with Crippen LogP contribution in [0.1, 0.15) is 62.1 Å². The minimum atomic E-state index is 0.423. The largest absolute Gasteiger partial charge is 0.508 e. The van der Waals surface area contributed by atoms with Gasteiger partial charge in [0.1, 0.15) is 5.75 Å². The number of hydrogen-bond acceptors (Lipinski definition) is 1. The normalized spacial score (nSPS) is 39.4. The van der Waals surface area contributed by atoms with Crippen LogP contribution < -0.4 is 0 Å². The van der Waals surface area contributed by atoms with Crippen LogP contribution in [0.25, 0.3) is 0 Å². The molecule has 0 heterocycles. The number of halogens is 1. The van der Waals surface area contributed by atoms with Gasteiger partial charge >= 0.3 is 0 Å². The molecule has 0 amide bonds. The van der Waals surface area contributed by atoms with Crippen molar-refractivity contribution in [3.05, 3.63) is 40.5 Å². The van der Waals surface area contributed by atoms with Crippen molar-refractivity contribution in [2.24, 2.45) is 23.2 Å². The van der Waals surface area contributed by atoms with E-state index in [2.05, 4.69) is 48.0 Å². The van der Waals surface area contributed by atoms with E-state index in [9.17, 15) is 5.11 Å². The zero-order chi connectivity index (χ0) is 17.1. The summed E-state index contributed by atoms with van der Waals surface area (Å²) in [7, 11) is 0. The van der Waals surface area contributed by atoms with E-state index in [1.165, 1.54) is 31.2 Å². The molecule has 2 fully saturated rings. The van der Waals surface area contributed by atoms with E-state index in [1.807, 2.05) is 6.92 Å². The third-order valence-electron chi connectivity index (χ3n) is 7.56. The Labute approximate surface area is 154 Å². The fraction of sp³-hybridized carbons (Fsp3) is 0.636. The second-order valence-electron chi connectivity index (χ2n) is 8.69. The average molecular weight is 389 g/mol. The molecule has 130 valence electrons. The minimum Gasteiger partial charge on any atom is -0.508 e. The van der Waals surface area contributed by atoms with Crippen molar-refractivity contribution < 1.29 is 5.11 Å². The number of fused-ring (bicyclic) bond motifs is 5. The molecule has 24 heavy (non-hydrogen) atoms. The van der Waals surface area contributed by atoms with Crippen LogP contribution in [0.2, 0.25) is 0 Å². The lowest BCUT2D eigenvalue weighted by Crippen LogP contribution is -2.43. The second-order valence-corrected chi connectivity index (χ2v) is 9.34. The molecular weight excluding hydrogens is 360 g/mol. The van der Waals surface area contributed by atoms with Crippen LogP contribution in [0, 0.1) is 30.1 Å². The van der Waals surface area contributed by atoms with Crippen LogP contribution >= 0.6 is 15.9 Å². The van der Waals surface area contributed by atoms with Crippen LogP contribution in [0.5, 0.6) is 5.75 Å². The first kappa shape index (κ1) is 16.7. The summed E-state index contributed by atoms with van der Waals surface area (Å²) in [5.41, 5.74) is 6.13. The molecule has 5 unspecified atom stereocenters. The number of alkyl halides is 1. The number of allylic oxidation sites excluding steroid dienone is 2. The quantitative estimate of drug-likeness (QED) is 0.453. The van der Waals surface area contributed by atoms with Crippen LogP contribution in [0.3, 0.4) is 0 Å². The van der Waals surface area contributed by atoms with Gasteiger partial charge in [0, 0.05) is 5.33 Å². The van der Waals surface area contributed by atoms with Crippen LogP contribution in [0.15, 0.2) is 23.8 Å². The predicted molar refractivity (Wildman–Crippen MR) is 104 cm³/mol. The van der Waals surface area contributed by atoms with Crippen LogP contribution in [-0.2, 0) is 6.42 Å². The second kappa shape index (κ2) is 5.90. The molecule has 1 aromatic rings. The highest BCUT2D eigenvalue weighted by molar-refractivity contribution is 9.09. The molecular formula is C22H29BrO. The van der Waals surface area contributed by atoms with Crippen molar-refractivity contribution >= 4 is 15.9 Å². The van der Waals surface area contributed by atoms with Gasteiger partial charge in [-0.1, -0.05) is 47.5 Å². The summed E-state index contributed by atoms with van der Waals surface area (Å²) < 4.78 is 0. The number of aromatic hydroxyl groups is 1. The third kappa shape index (κ3) is 2.32. The van der Waals surface area contributed by atoms with E-state index in [-0.39, 0.29) is 0 Å². The van der Waals surface area contributed by atoms with Crippen LogP contribution in [0.4, 0.5) is 0 Å². The number of phenols is 1. The molecule has 0 bridgehead atoms. The van der Waals surface area contributed by atoms with Crippen molar-refractivity contribution in [3.8, 4) is 5.75 Å². The summed E-state index contributed by atoms with van der Waals surface area (Å²) >= 11 is 3.62. The number of benzene rings is 1. The van der Waals surface area contributed by atoms with Crippen LogP contribution in [-0.4, -0.2) is 10.4 Å². The zero-order valence-electron chi connectivity index (χ0n) is 15.1. The maximum atomic E-state index is 10.1. The average Bonchev–Trinajstić information content (AvgIpc) is 2.86. The molecule has 0 aliphatic heterocycles. The Morgan fingerprint density at radius 3 is 2.88 bits per heavy atom. The molecule has 2 saturated carbocycles. The van der Waals surface area contributed by atoms with Gasteiger partial charge in [-0.3, -0.25) is 0 Å². The Morgan fingerprint density at radius 1 is 1.33 bits per heavy atom. The summed E-state index contributed by atoms with van der Waals surface area (Å²) in [4.78, 5) is 0. The third-order valence-corrected chi connectivity index (χ3v) is 7.88. The first-order valence-electron chi connectivity index (χ1n) is 9.53. The standard InChI is InChI=1S/C22H29BrO/c1-13-11-18-15(12-20(13)24)10-14(2)21-17(18)6-8-22(3)16(7-9-23)4-5-19(21)22/h7,11-12,14,17,19,21,24H,4-6,8-10H2,1-3H3/b16-7+. The number of rotatable bonds is 1. The summed E-state index contributed by atoms with van der Waals surface area (Å²) in [6.45, 7) is 7.04. The smallest absolute Gasteiger partial charge is 0.118 e. The van der Waals surface area contributed by atoms with Gasteiger partial charge in [0.2, 0.25) is 0 Å². The Balaban J connectivity index is 1.75. The van der Waals surface area contributed by atoms with Crippen molar-refractivity contribution in [2.75, 3.05) is 5.33 Å². The van der Waals surface area contributed by atoms with E-state index < -0.39 is 0 Å². The summed E-state index contributed by atoms with van der Waals surface area (Å²) in [5.74, 6) is 3.53. The molecule has 1 N–H and O–H groups in total. The first-order valence-corrected chi connectivity index (χ1v) is 10.7. The zero-order valence-corrected chi connectivity index (χ0v) is 16.7. The van der Waals surface area contributed by atoms with Crippen molar-refractivity contribution in [1.82, 2.24) is 0 Å². The highest BCUT2D eigenvalue weighted by Crippen LogP contribution is 2.64. The highest BCUT2D eigenvalue weighted by Gasteiger charge is 2.54. The molecule has 5 atom stereocenters. The van der Waals surface area contributed by atoms with Gasteiger partial charge in [-0.25, -0.2) is 0 Å². The van der Waals surface area contributed by atoms with Gasteiger partial charge in [-0.05, 0) is 90.9 Å². The van der Waals surface area contributed by atoms with E-state index in [4.69, 9.17) is 0 Å². The van der Waals surface area contributed by atoms with Crippen molar-refractivity contribution in [2.45, 2.75) is 58.8 Å². The minimum absolute atomic E-state index is 0.423. The monoisotopic (exact) mass is 388 g/mol. The van der Waals surface area contributed by atoms with Gasteiger partial charge in [0.25, 0.3) is 0 Å². The molecule has 1 aromatic carbocycles. The summed E-state index contributed by atoms with van der Waals surface area (Å²) in [5, 5.41) is 11.1. The lowest BCUT2D eigenvalue weighted by molar-refractivity contribution is 0.0489. The first-order chi connectivity index (χ1) is 11.5. The SMILES string of the molecule is Cc1cc2c(cc1O)CC(C)C1C2CCC2(C)/C(=C/CBr)CCC12. The molecule has 0 aromatic heterocycles. The Bertz CT molecular complexity index is 691. The van der Waals surface area contributed by atoms with Gasteiger partial charge in [0.15, 0.2) is 0 Å². The predicted octanol–water partition coefficient (Wildman–Crippen LogP) is 6.12. The highest BCUT2D eigenvalue weighted by atomic mass is 79.9. The fourth-order valence-corrected chi connectivity index (χ4v) is 6.79.